The van der Waals surface area contributed by atoms with Crippen LogP contribution in [0.1, 0.15) is 0 Å². The van der Waals surface area contributed by atoms with Gasteiger partial charge in [-0.3, -0.25) is 0 Å². The van der Waals surface area contributed by atoms with Gasteiger partial charge in [0.25, 0.3) is 0 Å². The Labute approximate surface area is 374 Å². The topological polar surface area (TPSA) is 16.4 Å². The Kier molecular flexibility index (Phi) is 10.3. The van der Waals surface area contributed by atoms with Crippen molar-refractivity contribution in [2.45, 2.75) is 0 Å². The summed E-state index contributed by atoms with van der Waals surface area (Å²) in [7, 11) is 0. The van der Waals surface area contributed by atoms with Crippen molar-refractivity contribution in [3.63, 3.8) is 0 Å². The van der Waals surface area contributed by atoms with Gasteiger partial charge >= 0.3 is 0 Å². The second-order valence-corrected chi connectivity index (χ2v) is 16.1. The number of benzene rings is 10. The molecule has 0 unspecified atom stereocenters. The molecule has 11 rings (SSSR count). The van der Waals surface area contributed by atoms with Gasteiger partial charge in [-0.15, -0.1) is 0 Å². The van der Waals surface area contributed by atoms with E-state index >= 15 is 0 Å². The van der Waals surface area contributed by atoms with Crippen LogP contribution in [-0.2, 0) is 0 Å². The first kappa shape index (κ1) is 38.5. The van der Waals surface area contributed by atoms with Crippen molar-refractivity contribution < 1.29 is 4.42 Å². The highest BCUT2D eigenvalue weighted by molar-refractivity contribution is 5.93. The minimum absolute atomic E-state index is 0.857. The third-order valence-electron chi connectivity index (χ3n) is 12.2. The van der Waals surface area contributed by atoms with Gasteiger partial charge in [-0.05, 0) is 121 Å². The molecule has 2 nitrogen and oxygen atoms in total. The predicted octanol–water partition coefficient (Wildman–Crippen LogP) is 17.6. The fourth-order valence-electron chi connectivity index (χ4n) is 8.94. The van der Waals surface area contributed by atoms with Gasteiger partial charge in [-0.1, -0.05) is 206 Å². The molecule has 302 valence electrons. The molecular weight excluding hydrogens is 775 g/mol. The fourth-order valence-corrected chi connectivity index (χ4v) is 8.94. The Morgan fingerprint density at radius 1 is 0.234 bits per heavy atom. The summed E-state index contributed by atoms with van der Waals surface area (Å²) in [5, 5.41) is 1.09. The Morgan fingerprint density at radius 2 is 0.594 bits per heavy atom. The van der Waals surface area contributed by atoms with Crippen molar-refractivity contribution in [1.82, 2.24) is 0 Å². The lowest BCUT2D eigenvalue weighted by atomic mass is 9.89. The second kappa shape index (κ2) is 17.1. The van der Waals surface area contributed by atoms with E-state index in [-0.39, 0.29) is 0 Å². The summed E-state index contributed by atoms with van der Waals surface area (Å²) in [4.78, 5) is 2.34. The molecule has 0 saturated heterocycles. The predicted molar refractivity (Wildman–Crippen MR) is 269 cm³/mol. The SMILES string of the molecule is c1ccc(-c2ccc(N(c3ccc(-c4ccc(-c5ccccc5)c(-c5cc6ccccc6o5)c4)cc3)c3ccc(-c4ccccc4-c4ccccc4-c4ccccc4)cc3)cc2)cc1. The Hall–Kier alpha value is -8.46. The maximum absolute atomic E-state index is 6.47. The number of anilines is 3. The maximum Gasteiger partial charge on any atom is 0.136 e. The highest BCUT2D eigenvalue weighted by Crippen LogP contribution is 2.42. The summed E-state index contributed by atoms with van der Waals surface area (Å²) in [5.41, 5.74) is 19.3. The van der Waals surface area contributed by atoms with Gasteiger partial charge in [0.05, 0.1) is 0 Å². The summed E-state index contributed by atoms with van der Waals surface area (Å²) in [6.45, 7) is 0. The molecule has 1 aromatic heterocycles. The van der Waals surface area contributed by atoms with E-state index in [1.165, 1.54) is 38.9 Å². The van der Waals surface area contributed by atoms with Crippen molar-refractivity contribution in [2.75, 3.05) is 4.90 Å². The van der Waals surface area contributed by atoms with Crippen LogP contribution in [0.15, 0.2) is 265 Å². The number of nitrogens with zero attached hydrogens (tertiary/aromatic N) is 1. The number of hydrogen-bond acceptors (Lipinski definition) is 2. The summed E-state index contributed by atoms with van der Waals surface area (Å²) >= 11 is 0. The highest BCUT2D eigenvalue weighted by atomic mass is 16.3. The van der Waals surface area contributed by atoms with Crippen molar-refractivity contribution in [1.29, 1.82) is 0 Å². The molecule has 0 atom stereocenters. The molecule has 0 fully saturated rings. The fraction of sp³-hybridized carbons (Fsp3) is 0. The lowest BCUT2D eigenvalue weighted by Gasteiger charge is -2.26. The smallest absolute Gasteiger partial charge is 0.136 e. The molecule has 0 saturated carbocycles. The molecular formula is C62H43NO. The normalized spacial score (nSPS) is 11.1. The van der Waals surface area contributed by atoms with Crippen LogP contribution >= 0.6 is 0 Å². The van der Waals surface area contributed by atoms with Gasteiger partial charge in [-0.2, -0.15) is 0 Å². The Balaban J connectivity index is 0.971. The lowest BCUT2D eigenvalue weighted by Crippen LogP contribution is -2.09. The molecule has 0 spiro atoms. The molecule has 10 aromatic carbocycles. The Morgan fingerprint density at radius 3 is 1.11 bits per heavy atom. The zero-order valence-corrected chi connectivity index (χ0v) is 35.2. The molecule has 0 aliphatic carbocycles. The summed E-state index contributed by atoms with van der Waals surface area (Å²) in [5.74, 6) is 0.857. The molecule has 1 heterocycles. The Bertz CT molecular complexity index is 3300. The molecule has 0 aliphatic heterocycles. The van der Waals surface area contributed by atoms with Crippen molar-refractivity contribution in [3.05, 3.63) is 261 Å². The van der Waals surface area contributed by atoms with Crippen molar-refractivity contribution in [3.8, 4) is 78.1 Å². The van der Waals surface area contributed by atoms with Crippen LogP contribution in [0.5, 0.6) is 0 Å². The van der Waals surface area contributed by atoms with Gasteiger partial charge in [-0.25, -0.2) is 0 Å². The molecule has 11 aromatic rings. The van der Waals surface area contributed by atoms with Crippen LogP contribution in [0.4, 0.5) is 17.1 Å². The first-order chi connectivity index (χ1) is 31.7. The van der Waals surface area contributed by atoms with Crippen LogP contribution < -0.4 is 4.90 Å². The molecule has 0 radical (unpaired) electrons. The van der Waals surface area contributed by atoms with Crippen molar-refractivity contribution >= 4 is 28.0 Å². The minimum atomic E-state index is 0.857. The monoisotopic (exact) mass is 817 g/mol. The van der Waals surface area contributed by atoms with E-state index in [4.69, 9.17) is 4.42 Å². The first-order valence-corrected chi connectivity index (χ1v) is 21.8. The van der Waals surface area contributed by atoms with Crippen molar-refractivity contribution in [2.24, 2.45) is 0 Å². The van der Waals surface area contributed by atoms with Crippen LogP contribution in [0.2, 0.25) is 0 Å². The summed E-state index contributed by atoms with van der Waals surface area (Å²) < 4.78 is 6.47. The van der Waals surface area contributed by atoms with E-state index in [2.05, 4.69) is 254 Å². The average molecular weight is 818 g/mol. The molecule has 0 N–H and O–H groups in total. The van der Waals surface area contributed by atoms with Gasteiger partial charge in [0.2, 0.25) is 0 Å². The summed E-state index contributed by atoms with van der Waals surface area (Å²) in [6, 6.07) is 93.1. The quantitative estimate of drug-likeness (QED) is 0.137. The van der Waals surface area contributed by atoms with Gasteiger partial charge in [0.1, 0.15) is 11.3 Å². The zero-order chi connectivity index (χ0) is 42.7. The van der Waals surface area contributed by atoms with Crippen LogP contribution in [0, 0.1) is 0 Å². The lowest BCUT2D eigenvalue weighted by molar-refractivity contribution is 0.632. The van der Waals surface area contributed by atoms with Crippen LogP contribution in [-0.4, -0.2) is 0 Å². The number of furan rings is 1. The second-order valence-electron chi connectivity index (χ2n) is 16.1. The van der Waals surface area contributed by atoms with E-state index in [0.717, 1.165) is 67.2 Å². The van der Waals surface area contributed by atoms with E-state index < -0.39 is 0 Å². The molecule has 0 aliphatic rings. The first-order valence-electron chi connectivity index (χ1n) is 21.8. The number of hydrogen-bond donors (Lipinski definition) is 0. The molecule has 2 heteroatoms. The van der Waals surface area contributed by atoms with E-state index in [9.17, 15) is 0 Å². The van der Waals surface area contributed by atoms with E-state index in [1.807, 2.05) is 12.1 Å². The van der Waals surface area contributed by atoms with Crippen LogP contribution in [0.3, 0.4) is 0 Å². The number of fused-ring (bicyclic) bond motifs is 1. The third-order valence-corrected chi connectivity index (χ3v) is 12.2. The minimum Gasteiger partial charge on any atom is -0.456 e. The van der Waals surface area contributed by atoms with E-state index in [0.29, 0.717) is 0 Å². The number of rotatable bonds is 10. The summed E-state index contributed by atoms with van der Waals surface area (Å²) in [6.07, 6.45) is 0. The van der Waals surface area contributed by atoms with Gasteiger partial charge in [0.15, 0.2) is 0 Å². The molecule has 0 bridgehead atoms. The van der Waals surface area contributed by atoms with Gasteiger partial charge < -0.3 is 9.32 Å². The van der Waals surface area contributed by atoms with Gasteiger partial charge in [0, 0.05) is 28.0 Å². The highest BCUT2D eigenvalue weighted by Gasteiger charge is 2.18. The maximum atomic E-state index is 6.47. The number of para-hydroxylation sites is 1. The largest absolute Gasteiger partial charge is 0.456 e. The molecule has 0 amide bonds. The average Bonchev–Trinajstić information content (AvgIpc) is 3.82. The van der Waals surface area contributed by atoms with E-state index in [1.54, 1.807) is 0 Å². The zero-order valence-electron chi connectivity index (χ0n) is 35.2. The molecule has 64 heavy (non-hydrogen) atoms. The van der Waals surface area contributed by atoms with Crippen LogP contribution in [0.25, 0.3) is 89.1 Å². The standard InChI is InChI=1S/C62H43NO/c1-4-16-44(17-5-1)45-28-35-52(36-29-45)63(54-39-32-49(33-40-54)56-24-12-14-26-59(56)58-25-13-11-23-55(58)47-18-6-2-7-19-47)53-37-30-46(31-38-53)50-34-41-57(48-20-8-3-9-21-48)60(42-50)62-43-51-22-10-15-27-61(51)64-62/h1-43H. The third kappa shape index (κ3) is 7.59.